The van der Waals surface area contributed by atoms with Crippen molar-refractivity contribution >= 4 is 18.0 Å². The lowest BCUT2D eigenvalue weighted by Crippen LogP contribution is -2.46. The molecule has 33 heavy (non-hydrogen) atoms. The third kappa shape index (κ3) is 5.81. The zero-order valence-electron chi connectivity index (χ0n) is 17.9. The Labute approximate surface area is 188 Å². The number of carbonyl (C=O) groups is 2. The smallest absolute Gasteiger partial charge is 0.428 e. The summed E-state index contributed by atoms with van der Waals surface area (Å²) in [6, 6.07) is 12.0. The van der Waals surface area contributed by atoms with Gasteiger partial charge in [0.1, 0.15) is 5.75 Å². The van der Waals surface area contributed by atoms with Crippen molar-refractivity contribution in [1.82, 2.24) is 4.90 Å². The molecule has 2 amide bonds. The maximum atomic E-state index is 13.0. The standard InChI is InChI=1S/C23H24F4N2O4/c1-32-14-17-4-2-3-5-20(17)29(15-30)18-10-12-28(13-11-18)21(31)16-6-8-19(9-7-16)33-23(26,27)22(24)25/h2-9,15,18,22H,10-14H2,1H3. The van der Waals surface area contributed by atoms with Gasteiger partial charge >= 0.3 is 12.5 Å². The predicted octanol–water partition coefficient (Wildman–Crippen LogP) is 4.34. The van der Waals surface area contributed by atoms with E-state index in [1.807, 2.05) is 24.3 Å². The van der Waals surface area contributed by atoms with Crippen LogP contribution in [0.3, 0.4) is 0 Å². The third-order valence-electron chi connectivity index (χ3n) is 5.44. The van der Waals surface area contributed by atoms with Crippen molar-refractivity contribution in [1.29, 1.82) is 0 Å². The van der Waals surface area contributed by atoms with Crippen molar-refractivity contribution in [2.75, 3.05) is 25.1 Å². The van der Waals surface area contributed by atoms with E-state index in [4.69, 9.17) is 4.74 Å². The van der Waals surface area contributed by atoms with Gasteiger partial charge in [0.05, 0.1) is 6.61 Å². The van der Waals surface area contributed by atoms with E-state index in [9.17, 15) is 27.2 Å². The molecule has 2 aromatic carbocycles. The Bertz CT molecular complexity index is 948. The van der Waals surface area contributed by atoms with E-state index < -0.39 is 18.3 Å². The summed E-state index contributed by atoms with van der Waals surface area (Å²) in [5.74, 6) is -0.787. The minimum absolute atomic E-state index is 0.100. The number of benzene rings is 2. The molecule has 10 heteroatoms. The van der Waals surface area contributed by atoms with Crippen LogP contribution in [0.4, 0.5) is 23.2 Å². The maximum absolute atomic E-state index is 13.0. The van der Waals surface area contributed by atoms with Crippen LogP contribution >= 0.6 is 0 Å². The number of piperidine rings is 1. The topological polar surface area (TPSA) is 59.1 Å². The highest BCUT2D eigenvalue weighted by atomic mass is 19.3. The molecule has 1 saturated heterocycles. The molecule has 0 spiro atoms. The first kappa shape index (κ1) is 24.5. The Balaban J connectivity index is 1.62. The van der Waals surface area contributed by atoms with E-state index in [0.717, 1.165) is 29.8 Å². The Morgan fingerprint density at radius 1 is 1.15 bits per heavy atom. The summed E-state index contributed by atoms with van der Waals surface area (Å²) in [6.07, 6.45) is -6.70. The maximum Gasteiger partial charge on any atom is 0.461 e. The normalized spacial score (nSPS) is 14.9. The first-order valence-electron chi connectivity index (χ1n) is 10.3. The van der Waals surface area contributed by atoms with Gasteiger partial charge in [-0.15, -0.1) is 0 Å². The number of alkyl halides is 4. The van der Waals surface area contributed by atoms with Crippen molar-refractivity contribution in [3.8, 4) is 5.75 Å². The molecule has 0 saturated carbocycles. The summed E-state index contributed by atoms with van der Waals surface area (Å²) in [7, 11) is 1.58. The lowest BCUT2D eigenvalue weighted by Gasteiger charge is -2.37. The summed E-state index contributed by atoms with van der Waals surface area (Å²) >= 11 is 0. The summed E-state index contributed by atoms with van der Waals surface area (Å²) in [5.41, 5.74) is 1.86. The van der Waals surface area contributed by atoms with Crippen LogP contribution in [0.2, 0.25) is 0 Å². The zero-order valence-corrected chi connectivity index (χ0v) is 17.9. The second-order valence-electron chi connectivity index (χ2n) is 7.59. The fraction of sp³-hybridized carbons (Fsp3) is 0.391. The SMILES string of the molecule is COCc1ccccc1N(C=O)C1CCN(C(=O)c2ccc(OC(F)(F)C(F)F)cc2)CC1. The Hall–Kier alpha value is -3.14. The van der Waals surface area contributed by atoms with Gasteiger partial charge in [-0.1, -0.05) is 18.2 Å². The lowest BCUT2D eigenvalue weighted by molar-refractivity contribution is -0.253. The van der Waals surface area contributed by atoms with Gasteiger partial charge in [0.25, 0.3) is 5.91 Å². The molecule has 2 aromatic rings. The largest absolute Gasteiger partial charge is 0.461 e. The number of hydrogen-bond donors (Lipinski definition) is 0. The molecule has 3 rings (SSSR count). The van der Waals surface area contributed by atoms with E-state index in [2.05, 4.69) is 4.74 Å². The highest BCUT2D eigenvalue weighted by Gasteiger charge is 2.44. The molecule has 1 aliphatic rings. The molecular formula is C23H24F4N2O4. The van der Waals surface area contributed by atoms with Crippen LogP contribution in [0.1, 0.15) is 28.8 Å². The van der Waals surface area contributed by atoms with Gasteiger partial charge in [-0.25, -0.2) is 0 Å². The van der Waals surface area contributed by atoms with Gasteiger partial charge in [0.2, 0.25) is 6.41 Å². The molecule has 1 fully saturated rings. The Morgan fingerprint density at radius 2 is 1.79 bits per heavy atom. The molecule has 1 aliphatic heterocycles. The average molecular weight is 468 g/mol. The van der Waals surface area contributed by atoms with E-state index in [1.165, 1.54) is 12.1 Å². The van der Waals surface area contributed by atoms with Crippen LogP contribution in [-0.4, -0.2) is 56.0 Å². The monoisotopic (exact) mass is 468 g/mol. The van der Waals surface area contributed by atoms with Crippen LogP contribution in [0, 0.1) is 0 Å². The molecule has 6 nitrogen and oxygen atoms in total. The Kier molecular flexibility index (Phi) is 7.91. The van der Waals surface area contributed by atoms with Crippen molar-refractivity contribution < 1.29 is 36.6 Å². The summed E-state index contributed by atoms with van der Waals surface area (Å²) in [5, 5.41) is 0. The summed E-state index contributed by atoms with van der Waals surface area (Å²) in [4.78, 5) is 27.9. The second-order valence-corrected chi connectivity index (χ2v) is 7.59. The Morgan fingerprint density at radius 3 is 2.36 bits per heavy atom. The van der Waals surface area contributed by atoms with Gasteiger partial charge in [-0.2, -0.15) is 17.6 Å². The highest BCUT2D eigenvalue weighted by molar-refractivity contribution is 5.94. The van der Waals surface area contributed by atoms with E-state index in [1.54, 1.807) is 16.9 Å². The number of halogens is 4. The number of para-hydroxylation sites is 1. The molecule has 0 aromatic heterocycles. The molecule has 0 bridgehead atoms. The molecule has 0 unspecified atom stereocenters. The molecule has 0 radical (unpaired) electrons. The summed E-state index contributed by atoms with van der Waals surface area (Å²) < 4.78 is 59.8. The van der Waals surface area contributed by atoms with Crippen molar-refractivity contribution in [2.24, 2.45) is 0 Å². The molecule has 0 aliphatic carbocycles. The van der Waals surface area contributed by atoms with Gasteiger partial charge < -0.3 is 19.3 Å². The number of nitrogens with zero attached hydrogens (tertiary/aromatic N) is 2. The summed E-state index contributed by atoms with van der Waals surface area (Å²) in [6.45, 7) is 1.14. The van der Waals surface area contributed by atoms with Crippen LogP contribution in [-0.2, 0) is 16.1 Å². The number of likely N-dealkylation sites (tertiary alicyclic amines) is 1. The third-order valence-corrected chi connectivity index (χ3v) is 5.44. The van der Waals surface area contributed by atoms with Crippen LogP contribution < -0.4 is 9.64 Å². The van der Waals surface area contributed by atoms with Gasteiger partial charge in [-0.05, 0) is 43.2 Å². The fourth-order valence-electron chi connectivity index (χ4n) is 3.78. The highest BCUT2D eigenvalue weighted by Crippen LogP contribution is 2.29. The van der Waals surface area contributed by atoms with Gasteiger partial charge in [-0.3, -0.25) is 9.59 Å². The molecule has 178 valence electrons. The van der Waals surface area contributed by atoms with E-state index >= 15 is 0 Å². The number of anilines is 1. The predicted molar refractivity (Wildman–Crippen MR) is 113 cm³/mol. The molecular weight excluding hydrogens is 444 g/mol. The molecule has 0 N–H and O–H groups in total. The van der Waals surface area contributed by atoms with Crippen LogP contribution in [0.5, 0.6) is 5.75 Å². The quantitative estimate of drug-likeness (QED) is 0.406. The number of ether oxygens (including phenoxy) is 2. The van der Waals surface area contributed by atoms with Crippen LogP contribution in [0.25, 0.3) is 0 Å². The van der Waals surface area contributed by atoms with E-state index in [0.29, 0.717) is 32.5 Å². The number of rotatable bonds is 9. The average Bonchev–Trinajstić information content (AvgIpc) is 2.81. The minimum atomic E-state index is -4.61. The number of amides is 2. The first-order chi connectivity index (χ1) is 15.8. The molecule has 1 heterocycles. The zero-order chi connectivity index (χ0) is 24.0. The second kappa shape index (κ2) is 10.7. The van der Waals surface area contributed by atoms with Crippen LogP contribution in [0.15, 0.2) is 48.5 Å². The number of hydrogen-bond acceptors (Lipinski definition) is 4. The molecule has 0 atom stereocenters. The number of carbonyl (C=O) groups excluding carboxylic acids is 2. The first-order valence-corrected chi connectivity index (χ1v) is 10.3. The minimum Gasteiger partial charge on any atom is -0.428 e. The van der Waals surface area contributed by atoms with Crippen molar-refractivity contribution in [3.63, 3.8) is 0 Å². The van der Waals surface area contributed by atoms with Crippen molar-refractivity contribution in [2.45, 2.75) is 38.0 Å². The lowest BCUT2D eigenvalue weighted by atomic mass is 10.0. The number of methoxy groups -OCH3 is 1. The van der Waals surface area contributed by atoms with Crippen molar-refractivity contribution in [3.05, 3.63) is 59.7 Å². The fourth-order valence-corrected chi connectivity index (χ4v) is 3.78. The van der Waals surface area contributed by atoms with E-state index in [-0.39, 0.29) is 17.5 Å². The van der Waals surface area contributed by atoms with Gasteiger partial charge in [0, 0.05) is 43.1 Å². The van der Waals surface area contributed by atoms with Gasteiger partial charge in [0.15, 0.2) is 0 Å².